The number of rotatable bonds is 5. The molecule has 0 saturated carbocycles. The normalized spacial score (nSPS) is 10.8. The fraction of sp³-hybridized carbons (Fsp3) is 0.211. The molecular formula is C19H17FN2O3S. The van der Waals surface area contributed by atoms with Crippen LogP contribution in [0.5, 0.6) is 0 Å². The van der Waals surface area contributed by atoms with E-state index in [1.54, 1.807) is 19.2 Å². The Balaban J connectivity index is 1.73. The number of aromatic nitrogens is 2. The standard InChI is InChI=1S/C19H17FN2O3S/c1-11-4-5-14(9-16(11)20)18(24)25-10-17(23)15-8-12(2)22(13(15)3)19-21-6-7-26-19/h4-9H,10H2,1-3H3. The van der Waals surface area contributed by atoms with Crippen molar-refractivity contribution in [2.75, 3.05) is 6.61 Å². The van der Waals surface area contributed by atoms with Gasteiger partial charge in [-0.25, -0.2) is 14.2 Å². The van der Waals surface area contributed by atoms with Gasteiger partial charge in [-0.1, -0.05) is 6.07 Å². The topological polar surface area (TPSA) is 61.2 Å². The first kappa shape index (κ1) is 18.0. The first-order valence-corrected chi connectivity index (χ1v) is 8.81. The van der Waals surface area contributed by atoms with E-state index in [-0.39, 0.29) is 11.3 Å². The largest absolute Gasteiger partial charge is 0.454 e. The molecule has 0 fully saturated rings. The third kappa shape index (κ3) is 3.43. The number of aryl methyl sites for hydroxylation is 2. The molecule has 2 aromatic heterocycles. The maximum atomic E-state index is 13.6. The van der Waals surface area contributed by atoms with Gasteiger partial charge in [0.25, 0.3) is 0 Å². The Morgan fingerprint density at radius 3 is 2.65 bits per heavy atom. The van der Waals surface area contributed by atoms with Gasteiger partial charge in [-0.15, -0.1) is 11.3 Å². The van der Waals surface area contributed by atoms with Gasteiger partial charge in [0.2, 0.25) is 5.78 Å². The molecule has 0 saturated heterocycles. The van der Waals surface area contributed by atoms with Crippen LogP contribution in [0.25, 0.3) is 5.13 Å². The second-order valence-corrected chi connectivity index (χ2v) is 6.77. The number of benzene rings is 1. The molecule has 0 bridgehead atoms. The molecule has 0 radical (unpaired) electrons. The van der Waals surface area contributed by atoms with Crippen molar-refractivity contribution in [2.24, 2.45) is 0 Å². The number of nitrogens with zero attached hydrogens (tertiary/aromatic N) is 2. The van der Waals surface area contributed by atoms with Gasteiger partial charge in [-0.3, -0.25) is 9.36 Å². The molecule has 0 N–H and O–H groups in total. The number of thiazole rings is 1. The molecule has 0 amide bonds. The van der Waals surface area contributed by atoms with Gasteiger partial charge in [0.15, 0.2) is 11.7 Å². The van der Waals surface area contributed by atoms with Crippen LogP contribution in [-0.2, 0) is 4.74 Å². The molecule has 0 aliphatic rings. The minimum atomic E-state index is -0.731. The number of carbonyl (C=O) groups is 2. The second kappa shape index (κ2) is 7.21. The van der Waals surface area contributed by atoms with Crippen molar-refractivity contribution < 1.29 is 18.7 Å². The first-order chi connectivity index (χ1) is 12.4. The Kier molecular flexibility index (Phi) is 4.99. The minimum absolute atomic E-state index is 0.0779. The van der Waals surface area contributed by atoms with E-state index < -0.39 is 18.4 Å². The molecule has 0 unspecified atom stereocenters. The molecule has 3 aromatic rings. The highest BCUT2D eigenvalue weighted by atomic mass is 32.1. The number of esters is 1. The maximum Gasteiger partial charge on any atom is 0.338 e. The van der Waals surface area contributed by atoms with Gasteiger partial charge in [0.1, 0.15) is 5.82 Å². The third-order valence-electron chi connectivity index (χ3n) is 4.08. The zero-order valence-corrected chi connectivity index (χ0v) is 15.4. The van der Waals surface area contributed by atoms with Gasteiger partial charge in [-0.2, -0.15) is 0 Å². The van der Waals surface area contributed by atoms with Gasteiger partial charge >= 0.3 is 5.97 Å². The molecule has 2 heterocycles. The van der Waals surface area contributed by atoms with Crippen LogP contribution in [0, 0.1) is 26.6 Å². The lowest BCUT2D eigenvalue weighted by Crippen LogP contribution is -2.15. The lowest BCUT2D eigenvalue weighted by atomic mass is 10.1. The second-order valence-electron chi connectivity index (χ2n) is 5.90. The average molecular weight is 372 g/mol. The predicted molar refractivity (Wildman–Crippen MR) is 96.7 cm³/mol. The fourth-order valence-corrected chi connectivity index (χ4v) is 3.43. The number of Topliss-reactive ketones (excluding diaryl/α,β-unsaturated/α-hetero) is 1. The number of ketones is 1. The summed E-state index contributed by atoms with van der Waals surface area (Å²) in [5, 5.41) is 2.63. The summed E-state index contributed by atoms with van der Waals surface area (Å²) in [5.74, 6) is -1.54. The van der Waals surface area contributed by atoms with Crippen LogP contribution in [0.15, 0.2) is 35.8 Å². The van der Waals surface area contributed by atoms with Gasteiger partial charge in [-0.05, 0) is 44.5 Å². The molecule has 0 atom stereocenters. The smallest absolute Gasteiger partial charge is 0.338 e. The summed E-state index contributed by atoms with van der Waals surface area (Å²) in [6.07, 6.45) is 1.70. The fourth-order valence-electron chi connectivity index (χ4n) is 2.68. The number of carbonyl (C=O) groups excluding carboxylic acids is 2. The van der Waals surface area contributed by atoms with Gasteiger partial charge < -0.3 is 4.74 Å². The van der Waals surface area contributed by atoms with Crippen LogP contribution in [0.4, 0.5) is 4.39 Å². The molecule has 1 aromatic carbocycles. The van der Waals surface area contributed by atoms with E-state index >= 15 is 0 Å². The lowest BCUT2D eigenvalue weighted by Gasteiger charge is -2.07. The quantitative estimate of drug-likeness (QED) is 0.501. The van der Waals surface area contributed by atoms with E-state index in [0.717, 1.165) is 22.6 Å². The zero-order chi connectivity index (χ0) is 18.8. The van der Waals surface area contributed by atoms with Crippen molar-refractivity contribution in [1.29, 1.82) is 0 Å². The maximum absolute atomic E-state index is 13.6. The molecule has 0 spiro atoms. The van der Waals surface area contributed by atoms with E-state index in [9.17, 15) is 14.0 Å². The monoisotopic (exact) mass is 372 g/mol. The van der Waals surface area contributed by atoms with Crippen LogP contribution in [0.1, 0.15) is 37.7 Å². The van der Waals surface area contributed by atoms with Gasteiger partial charge in [0.05, 0.1) is 5.56 Å². The lowest BCUT2D eigenvalue weighted by molar-refractivity contribution is 0.0474. The summed E-state index contributed by atoms with van der Waals surface area (Å²) < 4.78 is 20.5. The van der Waals surface area contributed by atoms with Crippen LogP contribution < -0.4 is 0 Å². The van der Waals surface area contributed by atoms with E-state index in [0.29, 0.717) is 11.1 Å². The summed E-state index contributed by atoms with van der Waals surface area (Å²) in [5.41, 5.74) is 2.59. The Hall–Kier alpha value is -2.80. The highest BCUT2D eigenvalue weighted by Gasteiger charge is 2.19. The van der Waals surface area contributed by atoms with Crippen LogP contribution in [-0.4, -0.2) is 27.9 Å². The molecule has 3 rings (SSSR count). The van der Waals surface area contributed by atoms with E-state index in [1.807, 2.05) is 23.8 Å². The van der Waals surface area contributed by atoms with E-state index in [2.05, 4.69) is 4.98 Å². The first-order valence-electron chi connectivity index (χ1n) is 7.93. The summed E-state index contributed by atoms with van der Waals surface area (Å²) in [4.78, 5) is 28.8. The van der Waals surface area contributed by atoms with Crippen molar-refractivity contribution in [3.05, 3.63) is 69.7 Å². The average Bonchev–Trinajstić information content (AvgIpc) is 3.22. The summed E-state index contributed by atoms with van der Waals surface area (Å²) in [6, 6.07) is 5.82. The predicted octanol–water partition coefficient (Wildman–Crippen LogP) is 4.04. The highest BCUT2D eigenvalue weighted by molar-refractivity contribution is 7.12. The SMILES string of the molecule is Cc1ccc(C(=O)OCC(=O)c2cc(C)n(-c3nccs3)c2C)cc1F. The van der Waals surface area contributed by atoms with E-state index in [1.165, 1.54) is 23.5 Å². The minimum Gasteiger partial charge on any atom is -0.454 e. The summed E-state index contributed by atoms with van der Waals surface area (Å²) >= 11 is 1.47. The zero-order valence-electron chi connectivity index (χ0n) is 14.6. The van der Waals surface area contributed by atoms with Crippen LogP contribution in [0.2, 0.25) is 0 Å². The van der Waals surface area contributed by atoms with Crippen LogP contribution in [0.3, 0.4) is 0 Å². The van der Waals surface area contributed by atoms with Crippen molar-refractivity contribution >= 4 is 23.1 Å². The summed E-state index contributed by atoms with van der Waals surface area (Å²) in [6.45, 7) is 4.90. The Morgan fingerprint density at radius 1 is 1.23 bits per heavy atom. The number of ether oxygens (including phenoxy) is 1. The van der Waals surface area contributed by atoms with Gasteiger partial charge in [0, 0.05) is 28.5 Å². The molecule has 26 heavy (non-hydrogen) atoms. The Bertz CT molecular complexity index is 977. The van der Waals surface area contributed by atoms with Crippen molar-refractivity contribution in [3.63, 3.8) is 0 Å². The number of halogens is 1. The number of hydrogen-bond donors (Lipinski definition) is 0. The number of hydrogen-bond acceptors (Lipinski definition) is 5. The van der Waals surface area contributed by atoms with E-state index in [4.69, 9.17) is 4.74 Å². The summed E-state index contributed by atoms with van der Waals surface area (Å²) in [7, 11) is 0. The third-order valence-corrected chi connectivity index (χ3v) is 4.84. The van der Waals surface area contributed by atoms with Crippen molar-refractivity contribution in [2.45, 2.75) is 20.8 Å². The molecule has 0 aliphatic heterocycles. The molecule has 0 aliphatic carbocycles. The highest BCUT2D eigenvalue weighted by Crippen LogP contribution is 2.22. The molecule has 5 nitrogen and oxygen atoms in total. The molecule has 134 valence electrons. The van der Waals surface area contributed by atoms with Crippen molar-refractivity contribution in [1.82, 2.24) is 9.55 Å². The van der Waals surface area contributed by atoms with Crippen molar-refractivity contribution in [3.8, 4) is 5.13 Å². The van der Waals surface area contributed by atoms with Crippen LogP contribution >= 0.6 is 11.3 Å². The Labute approximate surface area is 154 Å². The Morgan fingerprint density at radius 2 is 2.00 bits per heavy atom. The molecule has 7 heteroatoms. The molecular weight excluding hydrogens is 355 g/mol.